The summed E-state index contributed by atoms with van der Waals surface area (Å²) in [5.41, 5.74) is 0.736. The molecule has 1 aliphatic heterocycles. The number of aliphatic hydroxyl groups is 1. The molecule has 3 rings (SSSR count). The molecule has 1 aliphatic rings. The Balaban J connectivity index is 1.69. The Bertz CT molecular complexity index is 860. The molecule has 146 valence electrons. The number of β-amino-alcohol motifs (C(OH)–C–C–N with tert-alkyl or cyclic N) is 1. The molecule has 1 aromatic heterocycles. The van der Waals surface area contributed by atoms with E-state index in [0.29, 0.717) is 18.8 Å². The van der Waals surface area contributed by atoms with Gasteiger partial charge in [0.05, 0.1) is 11.9 Å². The van der Waals surface area contributed by atoms with Crippen molar-refractivity contribution in [3.63, 3.8) is 0 Å². The molecule has 2 heterocycles. The summed E-state index contributed by atoms with van der Waals surface area (Å²) in [7, 11) is 0.312. The largest absolute Gasteiger partial charge is 0.391 e. The monoisotopic (exact) mass is 391 g/mol. The van der Waals surface area contributed by atoms with Gasteiger partial charge in [0.25, 0.3) is 0 Å². The Labute approximate surface area is 159 Å². The topological polar surface area (TPSA) is 98.7 Å². The highest BCUT2D eigenvalue weighted by Gasteiger charge is 2.33. The van der Waals surface area contributed by atoms with Crippen LogP contribution in [0.2, 0.25) is 0 Å². The predicted octanol–water partition coefficient (Wildman–Crippen LogP) is 0.602. The molecule has 0 radical (unpaired) electrons. The van der Waals surface area contributed by atoms with Gasteiger partial charge in [-0.15, -0.1) is 0 Å². The summed E-state index contributed by atoms with van der Waals surface area (Å²) < 4.78 is 27.5. The highest BCUT2D eigenvalue weighted by molar-refractivity contribution is 7.88. The maximum Gasteiger partial charge on any atom is 0.215 e. The van der Waals surface area contributed by atoms with E-state index in [4.69, 9.17) is 0 Å². The number of sulfonamides is 1. The first-order valence-corrected chi connectivity index (χ1v) is 10.4. The molecular formula is C18H25N5O3S. The fraction of sp³-hybridized carbons (Fsp3) is 0.444. The molecule has 2 atom stereocenters. The van der Waals surface area contributed by atoms with Crippen LogP contribution in [0, 0.1) is 0 Å². The van der Waals surface area contributed by atoms with Crippen LogP contribution in [0.1, 0.15) is 12.0 Å². The van der Waals surface area contributed by atoms with Gasteiger partial charge in [0.15, 0.2) is 0 Å². The molecule has 2 aromatic rings. The number of nitrogens with zero attached hydrogens (tertiary/aromatic N) is 4. The number of nitrogens with one attached hydrogen (secondary N) is 1. The van der Waals surface area contributed by atoms with E-state index in [0.717, 1.165) is 11.4 Å². The Kier molecular flexibility index (Phi) is 5.93. The van der Waals surface area contributed by atoms with Crippen LogP contribution in [-0.2, 0) is 15.8 Å². The summed E-state index contributed by atoms with van der Waals surface area (Å²) in [6, 6.07) is 10.7. The first-order chi connectivity index (χ1) is 12.8. The maximum absolute atomic E-state index is 12.4. The molecule has 0 aliphatic carbocycles. The maximum atomic E-state index is 12.4. The van der Waals surface area contributed by atoms with E-state index in [1.165, 1.54) is 6.33 Å². The lowest BCUT2D eigenvalue weighted by molar-refractivity contribution is 0.194. The van der Waals surface area contributed by atoms with Gasteiger partial charge in [-0.3, -0.25) is 0 Å². The summed E-state index contributed by atoms with van der Waals surface area (Å²) in [5, 5.41) is 10.1. The van der Waals surface area contributed by atoms with E-state index >= 15 is 0 Å². The van der Waals surface area contributed by atoms with Gasteiger partial charge in [0.1, 0.15) is 18.0 Å². The van der Waals surface area contributed by atoms with E-state index < -0.39 is 16.1 Å². The smallest absolute Gasteiger partial charge is 0.215 e. The fourth-order valence-electron chi connectivity index (χ4n) is 3.17. The van der Waals surface area contributed by atoms with Crippen LogP contribution >= 0.6 is 0 Å². The molecule has 1 fully saturated rings. The van der Waals surface area contributed by atoms with Crippen molar-refractivity contribution in [1.29, 1.82) is 0 Å². The van der Waals surface area contributed by atoms with Crippen molar-refractivity contribution in [2.45, 2.75) is 24.3 Å². The quantitative estimate of drug-likeness (QED) is 0.713. The number of hydrogen-bond acceptors (Lipinski definition) is 7. The van der Waals surface area contributed by atoms with Gasteiger partial charge >= 0.3 is 0 Å². The van der Waals surface area contributed by atoms with E-state index in [2.05, 4.69) is 14.7 Å². The fourth-order valence-corrected chi connectivity index (χ4v) is 4.35. The molecule has 9 heteroatoms. The van der Waals surface area contributed by atoms with Gasteiger partial charge in [-0.2, -0.15) is 0 Å². The molecule has 0 unspecified atom stereocenters. The Morgan fingerprint density at radius 2 is 2.00 bits per heavy atom. The first-order valence-electron chi connectivity index (χ1n) is 8.79. The van der Waals surface area contributed by atoms with Gasteiger partial charge in [0.2, 0.25) is 10.0 Å². The molecule has 0 spiro atoms. The van der Waals surface area contributed by atoms with Crippen LogP contribution in [-0.4, -0.2) is 62.8 Å². The second-order valence-corrected chi connectivity index (χ2v) is 8.72. The van der Waals surface area contributed by atoms with Crippen LogP contribution < -0.4 is 14.5 Å². The third kappa shape index (κ3) is 5.15. The second-order valence-electron chi connectivity index (χ2n) is 6.92. The zero-order valence-electron chi connectivity index (χ0n) is 15.5. The van der Waals surface area contributed by atoms with E-state index in [9.17, 15) is 13.5 Å². The lowest BCUT2D eigenvalue weighted by atomic mass is 10.2. The molecule has 8 nitrogen and oxygen atoms in total. The number of benzene rings is 1. The molecule has 0 amide bonds. The van der Waals surface area contributed by atoms with Gasteiger partial charge < -0.3 is 14.9 Å². The van der Waals surface area contributed by atoms with E-state index in [-0.39, 0.29) is 18.3 Å². The normalized spacial score (nSPS) is 20.0. The van der Waals surface area contributed by atoms with Crippen molar-refractivity contribution in [3.05, 3.63) is 48.3 Å². The zero-order valence-corrected chi connectivity index (χ0v) is 16.3. The highest BCUT2D eigenvalue weighted by Crippen LogP contribution is 2.25. The van der Waals surface area contributed by atoms with Gasteiger partial charge in [0, 0.05) is 39.3 Å². The third-order valence-electron chi connectivity index (χ3n) is 4.52. The Morgan fingerprint density at radius 1 is 1.26 bits per heavy atom. The summed E-state index contributed by atoms with van der Waals surface area (Å²) >= 11 is 0. The summed E-state index contributed by atoms with van der Waals surface area (Å²) in [4.78, 5) is 12.3. The van der Waals surface area contributed by atoms with Crippen molar-refractivity contribution in [1.82, 2.24) is 14.7 Å². The minimum absolute atomic E-state index is 0.0681. The highest BCUT2D eigenvalue weighted by atomic mass is 32.2. The minimum Gasteiger partial charge on any atom is -0.391 e. The molecular weight excluding hydrogens is 366 g/mol. The number of anilines is 2. The number of hydrogen-bond donors (Lipinski definition) is 2. The van der Waals surface area contributed by atoms with Crippen molar-refractivity contribution >= 4 is 21.7 Å². The molecule has 0 saturated carbocycles. The zero-order chi connectivity index (χ0) is 19.4. The number of rotatable bonds is 7. The van der Waals surface area contributed by atoms with Crippen LogP contribution in [0.25, 0.3) is 0 Å². The molecule has 2 N–H and O–H groups in total. The van der Waals surface area contributed by atoms with Crippen molar-refractivity contribution in [3.8, 4) is 0 Å². The lowest BCUT2D eigenvalue weighted by Crippen LogP contribution is -2.41. The SMILES string of the molecule is CN(C)c1cc(N2C[C@H](O)C[C@@H]2CNS(=O)(=O)Cc2ccccc2)ncn1. The second kappa shape index (κ2) is 8.20. The van der Waals surface area contributed by atoms with Crippen LogP contribution in [0.4, 0.5) is 11.6 Å². The predicted molar refractivity (Wildman–Crippen MR) is 105 cm³/mol. The average Bonchev–Trinajstić information content (AvgIpc) is 3.01. The van der Waals surface area contributed by atoms with Crippen molar-refractivity contribution in [2.75, 3.05) is 37.0 Å². The van der Waals surface area contributed by atoms with Crippen LogP contribution in [0.5, 0.6) is 0 Å². The standard InChI is InChI=1S/C18H25N5O3S/c1-22(2)17-9-18(20-13-19-17)23-11-16(24)8-15(23)10-21-27(25,26)12-14-6-4-3-5-7-14/h3-7,9,13,15-16,21,24H,8,10-12H2,1-2H3/t15-,16-/m1/s1. The molecule has 1 aromatic carbocycles. The molecule has 27 heavy (non-hydrogen) atoms. The van der Waals surface area contributed by atoms with Crippen molar-refractivity contribution in [2.24, 2.45) is 0 Å². The van der Waals surface area contributed by atoms with Crippen LogP contribution in [0.15, 0.2) is 42.7 Å². The summed E-state index contributed by atoms with van der Waals surface area (Å²) in [6.07, 6.45) is 1.44. The van der Waals surface area contributed by atoms with Gasteiger partial charge in [-0.1, -0.05) is 30.3 Å². The molecule has 0 bridgehead atoms. The average molecular weight is 391 g/mol. The summed E-state index contributed by atoms with van der Waals surface area (Å²) in [5.74, 6) is 1.36. The summed E-state index contributed by atoms with van der Waals surface area (Å²) in [6.45, 7) is 0.627. The van der Waals surface area contributed by atoms with Gasteiger partial charge in [-0.05, 0) is 12.0 Å². The molecule has 1 saturated heterocycles. The number of aromatic nitrogens is 2. The third-order valence-corrected chi connectivity index (χ3v) is 5.84. The van der Waals surface area contributed by atoms with Crippen molar-refractivity contribution < 1.29 is 13.5 Å². The van der Waals surface area contributed by atoms with Gasteiger partial charge in [-0.25, -0.2) is 23.1 Å². The Morgan fingerprint density at radius 3 is 2.70 bits per heavy atom. The minimum atomic E-state index is -3.47. The lowest BCUT2D eigenvalue weighted by Gasteiger charge is -2.26. The Hall–Kier alpha value is -2.23. The van der Waals surface area contributed by atoms with E-state index in [1.54, 1.807) is 12.1 Å². The van der Waals surface area contributed by atoms with E-state index in [1.807, 2.05) is 48.2 Å². The number of aliphatic hydroxyl groups excluding tert-OH is 1. The first kappa shape index (κ1) is 19.5. The van der Waals surface area contributed by atoms with Crippen LogP contribution in [0.3, 0.4) is 0 Å².